The second kappa shape index (κ2) is 6.19. The van der Waals surface area contributed by atoms with Crippen LogP contribution in [0.3, 0.4) is 0 Å². The quantitative estimate of drug-likeness (QED) is 0.881. The molecule has 1 aromatic rings. The second-order valence-corrected chi connectivity index (χ2v) is 5.31. The Labute approximate surface area is 109 Å². The van der Waals surface area contributed by atoms with Crippen molar-refractivity contribution in [2.24, 2.45) is 0 Å². The number of aryl methyl sites for hydroxylation is 1. The van der Waals surface area contributed by atoms with Crippen molar-refractivity contribution in [2.45, 2.75) is 38.6 Å². The van der Waals surface area contributed by atoms with Crippen molar-refractivity contribution in [3.63, 3.8) is 0 Å². The van der Waals surface area contributed by atoms with Gasteiger partial charge in [-0.3, -0.25) is 0 Å². The number of halogens is 1. The first-order valence-corrected chi connectivity index (χ1v) is 6.87. The second-order valence-electron chi connectivity index (χ2n) is 5.31. The zero-order valence-electron chi connectivity index (χ0n) is 11.4. The molecule has 2 rings (SSSR count). The number of nitrogens with one attached hydrogen (secondary N) is 1. The van der Waals surface area contributed by atoms with Crippen LogP contribution in [-0.2, 0) is 0 Å². The highest BCUT2D eigenvalue weighted by atomic mass is 19.1. The van der Waals surface area contributed by atoms with Gasteiger partial charge in [-0.05, 0) is 63.5 Å². The van der Waals surface area contributed by atoms with E-state index in [-0.39, 0.29) is 5.82 Å². The number of likely N-dealkylation sites (tertiary alicyclic amines) is 1. The molecular weight excluding hydrogens is 227 g/mol. The van der Waals surface area contributed by atoms with Crippen LogP contribution in [0.2, 0.25) is 0 Å². The molecule has 0 saturated carbocycles. The van der Waals surface area contributed by atoms with Crippen molar-refractivity contribution in [3.05, 3.63) is 29.6 Å². The topological polar surface area (TPSA) is 15.3 Å². The molecular formula is C15H23FN2. The van der Waals surface area contributed by atoms with E-state index >= 15 is 0 Å². The number of hydrogen-bond acceptors (Lipinski definition) is 2. The van der Waals surface area contributed by atoms with Crippen molar-refractivity contribution < 1.29 is 4.39 Å². The van der Waals surface area contributed by atoms with E-state index < -0.39 is 0 Å². The molecule has 18 heavy (non-hydrogen) atoms. The summed E-state index contributed by atoms with van der Waals surface area (Å²) in [5.74, 6) is -0.132. The molecule has 0 aromatic heterocycles. The Bertz CT molecular complexity index is 392. The number of piperidine rings is 1. The van der Waals surface area contributed by atoms with Crippen molar-refractivity contribution >= 4 is 5.69 Å². The first-order valence-electron chi connectivity index (χ1n) is 6.87. The van der Waals surface area contributed by atoms with Crippen molar-refractivity contribution in [2.75, 3.05) is 25.5 Å². The minimum absolute atomic E-state index is 0.132. The number of benzene rings is 1. The molecule has 1 N–H and O–H groups in total. The van der Waals surface area contributed by atoms with Crippen LogP contribution in [0.5, 0.6) is 0 Å². The van der Waals surface area contributed by atoms with Gasteiger partial charge in [0.25, 0.3) is 0 Å². The Kier molecular flexibility index (Phi) is 4.59. The predicted molar refractivity (Wildman–Crippen MR) is 74.5 cm³/mol. The zero-order chi connectivity index (χ0) is 13.0. The third kappa shape index (κ3) is 3.45. The summed E-state index contributed by atoms with van der Waals surface area (Å²) >= 11 is 0. The van der Waals surface area contributed by atoms with Crippen LogP contribution >= 0.6 is 0 Å². The molecule has 0 spiro atoms. The summed E-state index contributed by atoms with van der Waals surface area (Å²) in [4.78, 5) is 2.46. The maximum absolute atomic E-state index is 13.1. The molecule has 0 amide bonds. The van der Waals surface area contributed by atoms with Crippen LogP contribution in [0.25, 0.3) is 0 Å². The van der Waals surface area contributed by atoms with Gasteiger partial charge in [0, 0.05) is 18.3 Å². The van der Waals surface area contributed by atoms with E-state index in [1.807, 2.05) is 12.1 Å². The van der Waals surface area contributed by atoms with Gasteiger partial charge in [-0.15, -0.1) is 0 Å². The van der Waals surface area contributed by atoms with E-state index in [0.29, 0.717) is 11.6 Å². The molecule has 0 aliphatic carbocycles. The van der Waals surface area contributed by atoms with Crippen LogP contribution < -0.4 is 5.32 Å². The Hall–Kier alpha value is -1.09. The summed E-state index contributed by atoms with van der Waals surface area (Å²) in [6.07, 6.45) is 5.15. The Morgan fingerprint density at radius 2 is 2.22 bits per heavy atom. The molecule has 100 valence electrons. The van der Waals surface area contributed by atoms with Crippen molar-refractivity contribution in [1.82, 2.24) is 4.90 Å². The third-order valence-corrected chi connectivity index (χ3v) is 3.89. The summed E-state index contributed by atoms with van der Waals surface area (Å²) in [6, 6.07) is 5.92. The van der Waals surface area contributed by atoms with E-state index in [4.69, 9.17) is 0 Å². The van der Waals surface area contributed by atoms with Crippen LogP contribution in [0.1, 0.15) is 31.2 Å². The average Bonchev–Trinajstić information content (AvgIpc) is 2.36. The van der Waals surface area contributed by atoms with E-state index in [1.54, 1.807) is 6.92 Å². The molecule has 1 unspecified atom stereocenters. The van der Waals surface area contributed by atoms with Gasteiger partial charge in [0.1, 0.15) is 5.82 Å². The lowest BCUT2D eigenvalue weighted by molar-refractivity contribution is 0.179. The number of anilines is 1. The molecule has 3 heteroatoms. The Morgan fingerprint density at radius 3 is 2.94 bits per heavy atom. The highest BCUT2D eigenvalue weighted by Gasteiger charge is 2.17. The predicted octanol–water partition coefficient (Wildman–Crippen LogP) is 3.42. The summed E-state index contributed by atoms with van der Waals surface area (Å²) in [6.45, 7) is 3.98. The number of hydrogen-bond donors (Lipinski definition) is 1. The lowest BCUT2D eigenvalue weighted by atomic mass is 10.0. The maximum Gasteiger partial charge on any atom is 0.126 e. The largest absolute Gasteiger partial charge is 0.385 e. The zero-order valence-corrected chi connectivity index (χ0v) is 11.4. The summed E-state index contributed by atoms with van der Waals surface area (Å²) in [5.41, 5.74) is 1.72. The lowest BCUT2D eigenvalue weighted by Gasteiger charge is -2.32. The third-order valence-electron chi connectivity index (χ3n) is 3.89. The van der Waals surface area contributed by atoms with Crippen molar-refractivity contribution in [1.29, 1.82) is 0 Å². The summed E-state index contributed by atoms with van der Waals surface area (Å²) in [7, 11) is 2.21. The van der Waals surface area contributed by atoms with E-state index in [1.165, 1.54) is 31.9 Å². The fourth-order valence-electron chi connectivity index (χ4n) is 2.65. The highest BCUT2D eigenvalue weighted by molar-refractivity contribution is 5.45. The van der Waals surface area contributed by atoms with Crippen LogP contribution in [0.4, 0.5) is 10.1 Å². The molecule has 1 fully saturated rings. The molecule has 1 aromatic carbocycles. The molecule has 1 atom stereocenters. The van der Waals surface area contributed by atoms with E-state index in [0.717, 1.165) is 18.7 Å². The lowest BCUT2D eigenvalue weighted by Crippen LogP contribution is -2.37. The van der Waals surface area contributed by atoms with Crippen LogP contribution in [0.15, 0.2) is 18.2 Å². The van der Waals surface area contributed by atoms with Gasteiger partial charge >= 0.3 is 0 Å². The normalized spacial score (nSPS) is 20.9. The van der Waals surface area contributed by atoms with Gasteiger partial charge in [-0.25, -0.2) is 4.39 Å². The minimum Gasteiger partial charge on any atom is -0.385 e. The Morgan fingerprint density at radius 1 is 1.39 bits per heavy atom. The molecule has 1 saturated heterocycles. The standard InChI is InChI=1S/C15H23FN2/c1-12-11-13(6-7-15(12)16)17-9-8-14-5-3-4-10-18(14)2/h6-7,11,14,17H,3-5,8-10H2,1-2H3. The monoisotopic (exact) mass is 250 g/mol. The van der Waals surface area contributed by atoms with E-state index in [9.17, 15) is 4.39 Å². The van der Waals surface area contributed by atoms with Gasteiger partial charge in [0.2, 0.25) is 0 Å². The average molecular weight is 250 g/mol. The minimum atomic E-state index is -0.132. The Balaban J connectivity index is 1.79. The number of rotatable bonds is 4. The van der Waals surface area contributed by atoms with Crippen molar-refractivity contribution in [3.8, 4) is 0 Å². The molecule has 0 radical (unpaired) electrons. The highest BCUT2D eigenvalue weighted by Crippen LogP contribution is 2.18. The smallest absolute Gasteiger partial charge is 0.126 e. The van der Waals surface area contributed by atoms with Gasteiger partial charge < -0.3 is 10.2 Å². The van der Waals surface area contributed by atoms with Crippen LogP contribution in [-0.4, -0.2) is 31.1 Å². The molecule has 1 aliphatic heterocycles. The van der Waals surface area contributed by atoms with Gasteiger partial charge in [-0.2, -0.15) is 0 Å². The van der Waals surface area contributed by atoms with Crippen LogP contribution in [0, 0.1) is 12.7 Å². The maximum atomic E-state index is 13.1. The number of nitrogens with zero attached hydrogens (tertiary/aromatic N) is 1. The molecule has 0 bridgehead atoms. The van der Waals surface area contributed by atoms with Gasteiger partial charge in [-0.1, -0.05) is 6.42 Å². The van der Waals surface area contributed by atoms with E-state index in [2.05, 4.69) is 17.3 Å². The molecule has 1 heterocycles. The van der Waals surface area contributed by atoms with Gasteiger partial charge in [0.05, 0.1) is 0 Å². The fourth-order valence-corrected chi connectivity index (χ4v) is 2.65. The first-order chi connectivity index (χ1) is 8.66. The molecule has 2 nitrogen and oxygen atoms in total. The molecule has 1 aliphatic rings. The van der Waals surface area contributed by atoms with Gasteiger partial charge in [0.15, 0.2) is 0 Å². The first kappa shape index (κ1) is 13.3. The fraction of sp³-hybridized carbons (Fsp3) is 0.600. The SMILES string of the molecule is Cc1cc(NCCC2CCCCN2C)ccc1F. The summed E-state index contributed by atoms with van der Waals surface area (Å²) < 4.78 is 13.1. The summed E-state index contributed by atoms with van der Waals surface area (Å²) in [5, 5.41) is 3.39.